The molecule has 0 radical (unpaired) electrons. The third kappa shape index (κ3) is 4.38. The van der Waals surface area contributed by atoms with Crippen molar-refractivity contribution in [2.24, 2.45) is 0 Å². The first-order valence-corrected chi connectivity index (χ1v) is 7.85. The predicted molar refractivity (Wildman–Crippen MR) is 72.1 cm³/mol. The molecule has 2 atom stereocenters. The minimum atomic E-state index is -3.11. The van der Waals surface area contributed by atoms with Gasteiger partial charge >= 0.3 is 7.60 Å². The molecule has 0 N–H and O–H groups in total. The number of rotatable bonds is 7. The SMILES string of the molecule is CCO[P@@](=O)(CC)O[C@H](OC)c1ccc(Cl)cc1. The third-order valence-electron chi connectivity index (χ3n) is 2.33. The highest BCUT2D eigenvalue weighted by molar-refractivity contribution is 7.53. The van der Waals surface area contributed by atoms with Gasteiger partial charge in [0.2, 0.25) is 0 Å². The van der Waals surface area contributed by atoms with Crippen molar-refractivity contribution in [1.82, 2.24) is 0 Å². The van der Waals surface area contributed by atoms with Gasteiger partial charge in [0.25, 0.3) is 0 Å². The second-order valence-electron chi connectivity index (χ2n) is 3.57. The summed E-state index contributed by atoms with van der Waals surface area (Å²) < 4.78 is 28.1. The standard InChI is InChI=1S/C12H18ClO4P/c1-4-16-18(14,5-2)17-12(15-3)10-6-8-11(13)9-7-10/h6-9,12H,4-5H2,1-3H3/t12-,18-/m0/s1. The lowest BCUT2D eigenvalue weighted by Crippen LogP contribution is -2.08. The Morgan fingerprint density at radius 3 is 2.33 bits per heavy atom. The summed E-state index contributed by atoms with van der Waals surface area (Å²) in [5, 5.41) is 0.622. The van der Waals surface area contributed by atoms with Crippen LogP contribution in [0.2, 0.25) is 5.02 Å². The summed E-state index contributed by atoms with van der Waals surface area (Å²) in [5.74, 6) is 0. The Morgan fingerprint density at radius 1 is 1.28 bits per heavy atom. The highest BCUT2D eigenvalue weighted by atomic mass is 35.5. The molecule has 18 heavy (non-hydrogen) atoms. The highest BCUT2D eigenvalue weighted by Gasteiger charge is 2.27. The van der Waals surface area contributed by atoms with E-state index >= 15 is 0 Å². The van der Waals surface area contributed by atoms with Crippen LogP contribution >= 0.6 is 19.2 Å². The van der Waals surface area contributed by atoms with E-state index in [0.29, 0.717) is 17.8 Å². The van der Waals surface area contributed by atoms with E-state index in [1.165, 1.54) is 7.11 Å². The molecule has 6 heteroatoms. The fourth-order valence-electron chi connectivity index (χ4n) is 1.40. The van der Waals surface area contributed by atoms with Crippen LogP contribution in [0.3, 0.4) is 0 Å². The zero-order valence-electron chi connectivity index (χ0n) is 10.8. The lowest BCUT2D eigenvalue weighted by atomic mass is 10.2. The maximum Gasteiger partial charge on any atom is 0.332 e. The Balaban J connectivity index is 2.84. The molecule has 0 aliphatic carbocycles. The molecule has 1 aromatic carbocycles. The van der Waals surface area contributed by atoms with Crippen LogP contribution in [0.1, 0.15) is 25.7 Å². The Morgan fingerprint density at radius 2 is 1.89 bits per heavy atom. The molecular weight excluding hydrogens is 275 g/mol. The number of methoxy groups -OCH3 is 1. The number of hydrogen-bond acceptors (Lipinski definition) is 4. The van der Waals surface area contributed by atoms with Gasteiger partial charge in [-0.3, -0.25) is 9.09 Å². The molecule has 0 spiro atoms. The summed E-state index contributed by atoms with van der Waals surface area (Å²) in [6, 6.07) is 6.98. The minimum absolute atomic E-state index is 0.300. The topological polar surface area (TPSA) is 44.8 Å². The van der Waals surface area contributed by atoms with Gasteiger partial charge < -0.3 is 9.26 Å². The van der Waals surface area contributed by atoms with Crippen molar-refractivity contribution in [3.05, 3.63) is 34.9 Å². The van der Waals surface area contributed by atoms with Crippen LogP contribution in [-0.2, 0) is 18.3 Å². The van der Waals surface area contributed by atoms with Crippen LogP contribution in [0.4, 0.5) is 0 Å². The zero-order chi connectivity index (χ0) is 13.6. The summed E-state index contributed by atoms with van der Waals surface area (Å²) in [6.45, 7) is 3.86. The van der Waals surface area contributed by atoms with Gasteiger partial charge in [-0.05, 0) is 19.1 Å². The zero-order valence-corrected chi connectivity index (χ0v) is 12.4. The van der Waals surface area contributed by atoms with Crippen LogP contribution in [0.15, 0.2) is 24.3 Å². The van der Waals surface area contributed by atoms with Gasteiger partial charge in [0.05, 0.1) is 6.61 Å². The van der Waals surface area contributed by atoms with Crippen LogP contribution in [-0.4, -0.2) is 19.9 Å². The number of benzene rings is 1. The smallest absolute Gasteiger partial charge is 0.332 e. The summed E-state index contributed by atoms with van der Waals surface area (Å²) in [4.78, 5) is 0. The van der Waals surface area contributed by atoms with E-state index in [1.54, 1.807) is 38.1 Å². The van der Waals surface area contributed by atoms with E-state index in [2.05, 4.69) is 0 Å². The molecule has 0 bridgehead atoms. The Hall–Kier alpha value is -0.380. The third-order valence-corrected chi connectivity index (χ3v) is 4.52. The van der Waals surface area contributed by atoms with Crippen molar-refractivity contribution < 1.29 is 18.3 Å². The minimum Gasteiger partial charge on any atom is -0.351 e. The van der Waals surface area contributed by atoms with Gasteiger partial charge in [-0.15, -0.1) is 0 Å². The van der Waals surface area contributed by atoms with E-state index in [4.69, 9.17) is 25.4 Å². The molecule has 0 fully saturated rings. The van der Waals surface area contributed by atoms with Gasteiger partial charge in [0.1, 0.15) is 0 Å². The molecule has 4 nitrogen and oxygen atoms in total. The van der Waals surface area contributed by atoms with E-state index in [0.717, 1.165) is 5.56 Å². The monoisotopic (exact) mass is 292 g/mol. The number of ether oxygens (including phenoxy) is 1. The van der Waals surface area contributed by atoms with Gasteiger partial charge in [0, 0.05) is 23.9 Å². The first-order chi connectivity index (χ1) is 8.54. The first kappa shape index (κ1) is 15.7. The second kappa shape index (κ2) is 7.27. The fourth-order valence-corrected chi connectivity index (χ4v) is 2.81. The van der Waals surface area contributed by atoms with Crippen molar-refractivity contribution in [1.29, 1.82) is 0 Å². The van der Waals surface area contributed by atoms with Crippen LogP contribution < -0.4 is 0 Å². The van der Waals surface area contributed by atoms with Crippen LogP contribution in [0.25, 0.3) is 0 Å². The molecule has 0 aliphatic heterocycles. The number of hydrogen-bond donors (Lipinski definition) is 0. The van der Waals surface area contributed by atoms with Crippen molar-refractivity contribution in [2.75, 3.05) is 19.9 Å². The average molecular weight is 293 g/mol. The molecule has 0 unspecified atom stereocenters. The van der Waals surface area contributed by atoms with Crippen molar-refractivity contribution in [3.63, 3.8) is 0 Å². The molecule has 1 rings (SSSR count). The maximum absolute atomic E-state index is 12.2. The van der Waals surface area contributed by atoms with Gasteiger partial charge in [-0.2, -0.15) is 0 Å². The second-order valence-corrected chi connectivity index (χ2v) is 6.33. The van der Waals surface area contributed by atoms with E-state index < -0.39 is 13.9 Å². The molecular formula is C12H18ClO4P. The molecule has 0 aromatic heterocycles. The summed E-state index contributed by atoms with van der Waals surface area (Å²) in [6.07, 6.45) is -0.423. The van der Waals surface area contributed by atoms with Gasteiger partial charge in [-0.25, -0.2) is 0 Å². The van der Waals surface area contributed by atoms with Gasteiger partial charge in [-0.1, -0.05) is 30.7 Å². The first-order valence-electron chi connectivity index (χ1n) is 5.75. The summed E-state index contributed by atoms with van der Waals surface area (Å²) in [5.41, 5.74) is 0.746. The van der Waals surface area contributed by atoms with E-state index in [9.17, 15) is 4.57 Å². The Labute approximate surface area is 113 Å². The Bertz CT molecular complexity index is 407. The summed E-state index contributed by atoms with van der Waals surface area (Å²) in [7, 11) is -1.62. The van der Waals surface area contributed by atoms with Gasteiger partial charge in [0.15, 0.2) is 6.29 Å². The predicted octanol–water partition coefficient (Wildman–Crippen LogP) is 4.25. The average Bonchev–Trinajstić information content (AvgIpc) is 2.37. The molecule has 0 amide bonds. The normalized spacial score (nSPS) is 16.2. The molecule has 1 aromatic rings. The Kier molecular flexibility index (Phi) is 6.33. The molecule has 0 saturated carbocycles. The molecule has 102 valence electrons. The van der Waals surface area contributed by atoms with Crippen molar-refractivity contribution in [3.8, 4) is 0 Å². The number of halogens is 1. The van der Waals surface area contributed by atoms with E-state index in [-0.39, 0.29) is 0 Å². The van der Waals surface area contributed by atoms with Crippen LogP contribution in [0, 0.1) is 0 Å². The molecule has 0 saturated heterocycles. The quantitative estimate of drug-likeness (QED) is 0.556. The largest absolute Gasteiger partial charge is 0.351 e. The highest BCUT2D eigenvalue weighted by Crippen LogP contribution is 2.51. The van der Waals surface area contributed by atoms with Crippen molar-refractivity contribution in [2.45, 2.75) is 20.1 Å². The summed E-state index contributed by atoms with van der Waals surface area (Å²) >= 11 is 5.81. The van der Waals surface area contributed by atoms with Crippen LogP contribution in [0.5, 0.6) is 0 Å². The lowest BCUT2D eigenvalue weighted by Gasteiger charge is -2.22. The lowest BCUT2D eigenvalue weighted by molar-refractivity contribution is -0.0644. The maximum atomic E-state index is 12.2. The van der Waals surface area contributed by atoms with Crippen molar-refractivity contribution >= 4 is 19.2 Å². The molecule has 0 heterocycles. The van der Waals surface area contributed by atoms with E-state index in [1.807, 2.05) is 0 Å². The molecule has 0 aliphatic rings. The fraction of sp³-hybridized carbons (Fsp3) is 0.500.